The molecule has 0 heterocycles. The maximum absolute atomic E-state index is 13.9. The molecule has 0 aliphatic rings. The zero-order valence-corrected chi connectivity index (χ0v) is 26.5. The van der Waals surface area contributed by atoms with Gasteiger partial charge < -0.3 is 4.74 Å². The molecule has 4 rings (SSSR count). The Labute approximate surface area is 244 Å². The summed E-state index contributed by atoms with van der Waals surface area (Å²) in [6, 6.07) is 38.1. The molecule has 2 atom stereocenters. The second kappa shape index (κ2) is 12.8. The van der Waals surface area contributed by atoms with Crippen LogP contribution in [0.3, 0.4) is 0 Å². The summed E-state index contributed by atoms with van der Waals surface area (Å²) in [6.07, 6.45) is 0. The van der Waals surface area contributed by atoms with Crippen molar-refractivity contribution in [3.8, 4) is 5.75 Å². The van der Waals surface area contributed by atoms with E-state index in [2.05, 4.69) is 116 Å². The number of ether oxygens (including phenoxy) is 1. The van der Waals surface area contributed by atoms with Gasteiger partial charge in [-0.15, -0.1) is 0 Å². The van der Waals surface area contributed by atoms with Crippen LogP contribution in [0, 0.1) is 5.41 Å². The predicted octanol–water partition coefficient (Wildman–Crippen LogP) is 7.51. The Hall–Kier alpha value is -2.78. The summed E-state index contributed by atoms with van der Waals surface area (Å²) in [7, 11) is -0.175. The molecule has 2 unspecified atom stereocenters. The average Bonchev–Trinajstić information content (AvgIpc) is 2.93. The maximum Gasteiger partial charge on any atom is 0.128 e. The maximum atomic E-state index is 13.9. The monoisotopic (exact) mass is 571 g/mol. The lowest BCUT2D eigenvalue weighted by Crippen LogP contribution is -2.43. The number of hydrogen-bond acceptors (Lipinski definition) is 2. The van der Waals surface area contributed by atoms with Crippen LogP contribution in [-0.2, 0) is 17.6 Å². The molecule has 0 N–H and O–H groups in total. The van der Waals surface area contributed by atoms with Gasteiger partial charge in [0.15, 0.2) is 0 Å². The lowest BCUT2D eigenvalue weighted by molar-refractivity contribution is 0.206. The second-order valence-corrected chi connectivity index (χ2v) is 16.6. The van der Waals surface area contributed by atoms with E-state index < -0.39 is 18.9 Å². The Balaban J connectivity index is 1.98. The number of nitrogens with zero attached hydrogens (tertiary/aromatic N) is 1. The van der Waals surface area contributed by atoms with Gasteiger partial charge in [0.2, 0.25) is 0 Å². The van der Waals surface area contributed by atoms with Crippen molar-refractivity contribution in [1.82, 2.24) is 4.31 Å². The lowest BCUT2D eigenvalue weighted by atomic mass is 9.82. The molecule has 0 saturated carbocycles. The molecule has 0 fully saturated rings. The molecular formula is C35H42NO2PS. The summed E-state index contributed by atoms with van der Waals surface area (Å²) in [5.74, 6) is 0.879. The van der Waals surface area contributed by atoms with E-state index >= 15 is 0 Å². The quantitative estimate of drug-likeness (QED) is 0.195. The van der Waals surface area contributed by atoms with Crippen molar-refractivity contribution in [2.24, 2.45) is 5.41 Å². The summed E-state index contributed by atoms with van der Waals surface area (Å²) < 4.78 is 22.2. The Morgan fingerprint density at radius 2 is 1.23 bits per heavy atom. The molecule has 5 heteroatoms. The smallest absolute Gasteiger partial charge is 0.128 e. The van der Waals surface area contributed by atoms with Crippen molar-refractivity contribution < 1.29 is 8.95 Å². The third-order valence-corrected chi connectivity index (χ3v) is 11.1. The highest BCUT2D eigenvalue weighted by atomic mass is 32.2. The topological polar surface area (TPSA) is 29.5 Å². The Kier molecular flexibility index (Phi) is 9.67. The molecule has 0 aromatic heterocycles. The number of rotatable bonds is 9. The minimum atomic E-state index is -1.21. The lowest BCUT2D eigenvalue weighted by Gasteiger charge is -2.42. The SMILES string of the molecule is CN(C(c1cccc(OCc2ccccc2)c1P(c1ccccc1)c1ccccc1)C(C)(C)C)S(=O)C(C)(C)C. The van der Waals surface area contributed by atoms with Crippen molar-refractivity contribution in [2.45, 2.75) is 58.9 Å². The highest BCUT2D eigenvalue weighted by Gasteiger charge is 2.39. The summed E-state index contributed by atoms with van der Waals surface area (Å²) in [4.78, 5) is 0. The van der Waals surface area contributed by atoms with Gasteiger partial charge in [-0.05, 0) is 61.9 Å². The van der Waals surface area contributed by atoms with Crippen LogP contribution in [0.1, 0.15) is 58.7 Å². The van der Waals surface area contributed by atoms with Gasteiger partial charge >= 0.3 is 0 Å². The average molecular weight is 572 g/mol. The Bertz CT molecular complexity index is 1360. The fraction of sp³-hybridized carbons (Fsp3) is 0.314. The third-order valence-electron chi connectivity index (χ3n) is 6.78. The molecule has 0 radical (unpaired) electrons. The van der Waals surface area contributed by atoms with E-state index in [1.807, 2.05) is 46.0 Å². The molecule has 40 heavy (non-hydrogen) atoms. The zero-order valence-electron chi connectivity index (χ0n) is 24.8. The van der Waals surface area contributed by atoms with Gasteiger partial charge in [-0.2, -0.15) is 0 Å². The van der Waals surface area contributed by atoms with Crippen LogP contribution in [0.5, 0.6) is 5.75 Å². The molecule has 0 amide bonds. The van der Waals surface area contributed by atoms with E-state index in [0.717, 1.165) is 16.9 Å². The van der Waals surface area contributed by atoms with Crippen molar-refractivity contribution in [1.29, 1.82) is 0 Å². The fourth-order valence-electron chi connectivity index (χ4n) is 5.15. The van der Waals surface area contributed by atoms with E-state index in [1.165, 1.54) is 15.9 Å². The molecule has 0 spiro atoms. The molecule has 0 saturated heterocycles. The molecule has 0 bridgehead atoms. The van der Waals surface area contributed by atoms with Crippen LogP contribution >= 0.6 is 7.92 Å². The first kappa shape index (κ1) is 30.2. The van der Waals surface area contributed by atoms with Crippen molar-refractivity contribution >= 4 is 34.8 Å². The van der Waals surface area contributed by atoms with Crippen molar-refractivity contribution in [3.63, 3.8) is 0 Å². The summed E-state index contributed by atoms with van der Waals surface area (Å²) >= 11 is 0. The first-order valence-corrected chi connectivity index (χ1v) is 16.3. The molecule has 210 valence electrons. The minimum Gasteiger partial charge on any atom is -0.488 e. The van der Waals surface area contributed by atoms with E-state index in [4.69, 9.17) is 4.74 Å². The van der Waals surface area contributed by atoms with Crippen LogP contribution in [0.25, 0.3) is 0 Å². The largest absolute Gasteiger partial charge is 0.488 e. The number of benzene rings is 4. The zero-order chi connectivity index (χ0) is 28.9. The van der Waals surface area contributed by atoms with Crippen molar-refractivity contribution in [3.05, 3.63) is 120 Å². The molecule has 0 aliphatic carbocycles. The predicted molar refractivity (Wildman–Crippen MR) is 174 cm³/mol. The van der Waals surface area contributed by atoms with Crippen LogP contribution in [0.2, 0.25) is 0 Å². The van der Waals surface area contributed by atoms with Crippen LogP contribution in [-0.4, -0.2) is 20.3 Å². The summed E-state index contributed by atoms with van der Waals surface area (Å²) in [5, 5.41) is 3.70. The number of hydrogen-bond donors (Lipinski definition) is 0. The van der Waals surface area contributed by atoms with Crippen LogP contribution in [0.4, 0.5) is 0 Å². The van der Waals surface area contributed by atoms with Gasteiger partial charge in [0.1, 0.15) is 23.3 Å². The van der Waals surface area contributed by atoms with E-state index in [9.17, 15) is 4.21 Å². The van der Waals surface area contributed by atoms with Gasteiger partial charge in [-0.1, -0.05) is 124 Å². The second-order valence-electron chi connectivity index (χ2n) is 12.2. The van der Waals surface area contributed by atoms with E-state index in [-0.39, 0.29) is 16.2 Å². The summed E-state index contributed by atoms with van der Waals surface area (Å²) in [6.45, 7) is 13.3. The molecule has 3 nitrogen and oxygen atoms in total. The first-order valence-electron chi connectivity index (χ1n) is 13.8. The fourth-order valence-corrected chi connectivity index (χ4v) is 9.20. The summed E-state index contributed by atoms with van der Waals surface area (Å²) in [5.41, 5.74) is 2.09. The molecule has 0 aliphatic heterocycles. The Morgan fingerprint density at radius 3 is 1.70 bits per heavy atom. The van der Waals surface area contributed by atoms with Gasteiger partial charge in [0.05, 0.1) is 10.8 Å². The standard InChI is InChI=1S/C35H42NO2PS/c1-34(2,3)33(36(7)40(37)35(4,5)6)30-24-17-25-31(38-26-27-18-11-8-12-19-27)32(30)39(28-20-13-9-14-21-28)29-22-15-10-16-23-29/h8-25,33H,26H2,1-7H3. The van der Waals surface area contributed by atoms with E-state index in [1.54, 1.807) is 0 Å². The van der Waals surface area contributed by atoms with Crippen molar-refractivity contribution in [2.75, 3.05) is 7.05 Å². The van der Waals surface area contributed by atoms with Gasteiger partial charge in [-0.3, -0.25) is 0 Å². The van der Waals surface area contributed by atoms with Crippen LogP contribution in [0.15, 0.2) is 109 Å². The molecule has 4 aromatic carbocycles. The highest BCUT2D eigenvalue weighted by molar-refractivity contribution is 7.84. The van der Waals surface area contributed by atoms with Crippen LogP contribution < -0.4 is 20.7 Å². The first-order chi connectivity index (χ1) is 19.0. The van der Waals surface area contributed by atoms with Gasteiger partial charge in [0.25, 0.3) is 0 Å². The van der Waals surface area contributed by atoms with E-state index in [0.29, 0.717) is 6.61 Å². The third kappa shape index (κ3) is 7.10. The molecule has 4 aromatic rings. The molecular weight excluding hydrogens is 529 g/mol. The minimum absolute atomic E-state index is 0.111. The van der Waals surface area contributed by atoms with Gasteiger partial charge in [-0.25, -0.2) is 8.51 Å². The van der Waals surface area contributed by atoms with Gasteiger partial charge in [0, 0.05) is 12.4 Å². The highest BCUT2D eigenvalue weighted by Crippen LogP contribution is 2.45. The Morgan fingerprint density at radius 1 is 0.725 bits per heavy atom. The normalized spacial score (nSPS) is 13.8.